The Bertz CT molecular complexity index is 623. The van der Waals surface area contributed by atoms with E-state index >= 15 is 0 Å². The topological polar surface area (TPSA) is 69.7 Å². The minimum atomic E-state index is -3.32. The molecule has 5 nitrogen and oxygen atoms in total. The predicted molar refractivity (Wildman–Crippen MR) is 82.6 cm³/mol. The molecular formula is C16H22O5S. The van der Waals surface area contributed by atoms with E-state index in [0.29, 0.717) is 5.92 Å². The number of sulfone groups is 1. The van der Waals surface area contributed by atoms with Crippen molar-refractivity contribution in [2.24, 2.45) is 5.92 Å². The number of benzene rings is 1. The van der Waals surface area contributed by atoms with Gasteiger partial charge in [-0.05, 0) is 37.0 Å². The largest absolute Gasteiger partial charge is 0.425 e. The van der Waals surface area contributed by atoms with Crippen molar-refractivity contribution in [3.63, 3.8) is 0 Å². The molecule has 1 saturated carbocycles. The van der Waals surface area contributed by atoms with Crippen molar-refractivity contribution in [2.45, 2.75) is 43.6 Å². The summed E-state index contributed by atoms with van der Waals surface area (Å²) in [5.41, 5.74) is 0. The van der Waals surface area contributed by atoms with E-state index in [4.69, 9.17) is 9.47 Å². The molecular weight excluding hydrogens is 304 g/mol. The molecule has 6 heteroatoms. The maximum atomic E-state index is 11.8. The van der Waals surface area contributed by atoms with Crippen molar-refractivity contribution in [2.75, 3.05) is 12.9 Å². The second-order valence-corrected chi connectivity index (χ2v) is 7.85. The highest BCUT2D eigenvalue weighted by molar-refractivity contribution is 7.90. The molecule has 2 unspecified atom stereocenters. The van der Waals surface area contributed by atoms with Crippen molar-refractivity contribution in [3.8, 4) is 5.75 Å². The Balaban J connectivity index is 1.89. The molecule has 0 saturated heterocycles. The van der Waals surface area contributed by atoms with Crippen LogP contribution in [0.25, 0.3) is 0 Å². The van der Waals surface area contributed by atoms with Gasteiger partial charge in [-0.15, -0.1) is 0 Å². The van der Waals surface area contributed by atoms with E-state index in [2.05, 4.69) is 6.92 Å². The second kappa shape index (κ2) is 7.24. The summed E-state index contributed by atoms with van der Waals surface area (Å²) in [6, 6.07) is 5.90. The normalized spacial score (nSPS) is 22.3. The van der Waals surface area contributed by atoms with Crippen LogP contribution in [0.1, 0.15) is 32.6 Å². The quantitative estimate of drug-likeness (QED) is 0.614. The van der Waals surface area contributed by atoms with Gasteiger partial charge < -0.3 is 9.47 Å². The van der Waals surface area contributed by atoms with Gasteiger partial charge in [0.1, 0.15) is 12.4 Å². The van der Waals surface area contributed by atoms with Crippen LogP contribution in [0.5, 0.6) is 5.75 Å². The first-order valence-electron chi connectivity index (χ1n) is 7.48. The number of rotatable bonds is 5. The van der Waals surface area contributed by atoms with Crippen LogP contribution in [-0.4, -0.2) is 33.4 Å². The van der Waals surface area contributed by atoms with Crippen LogP contribution in [0.4, 0.5) is 0 Å². The van der Waals surface area contributed by atoms with Crippen molar-refractivity contribution in [1.29, 1.82) is 0 Å². The molecule has 122 valence electrons. The summed E-state index contributed by atoms with van der Waals surface area (Å²) in [5.74, 6) is 0.159. The summed E-state index contributed by atoms with van der Waals surface area (Å²) in [7, 11) is -3.32. The Morgan fingerprint density at radius 2 is 2.00 bits per heavy atom. The molecule has 0 aromatic heterocycles. The van der Waals surface area contributed by atoms with Gasteiger partial charge in [0, 0.05) is 6.26 Å². The molecule has 1 aromatic rings. The first-order chi connectivity index (χ1) is 10.4. The smallest absolute Gasteiger partial charge is 0.337 e. The summed E-state index contributed by atoms with van der Waals surface area (Å²) in [6.45, 7) is 2.02. The highest BCUT2D eigenvalue weighted by Crippen LogP contribution is 2.26. The van der Waals surface area contributed by atoms with Gasteiger partial charge in [0.15, 0.2) is 9.84 Å². The molecule has 0 bridgehead atoms. The third kappa shape index (κ3) is 4.81. The van der Waals surface area contributed by atoms with Crippen LogP contribution in [0.2, 0.25) is 0 Å². The van der Waals surface area contributed by atoms with Crippen molar-refractivity contribution < 1.29 is 22.7 Å². The maximum absolute atomic E-state index is 11.8. The van der Waals surface area contributed by atoms with Gasteiger partial charge >= 0.3 is 5.97 Å². The zero-order valence-corrected chi connectivity index (χ0v) is 13.8. The number of ether oxygens (including phenoxy) is 2. The van der Waals surface area contributed by atoms with Gasteiger partial charge in [-0.25, -0.2) is 13.2 Å². The number of hydrogen-bond donors (Lipinski definition) is 0. The SMILES string of the molecule is CC1CCCCC1OCC(=O)Oc1cccc(S(C)(=O)=O)c1. The van der Waals surface area contributed by atoms with Crippen molar-refractivity contribution in [3.05, 3.63) is 24.3 Å². The van der Waals surface area contributed by atoms with Crippen molar-refractivity contribution in [1.82, 2.24) is 0 Å². The molecule has 1 aliphatic carbocycles. The molecule has 0 N–H and O–H groups in total. The molecule has 0 aliphatic heterocycles. The highest BCUT2D eigenvalue weighted by atomic mass is 32.2. The van der Waals surface area contributed by atoms with Gasteiger partial charge in [-0.2, -0.15) is 0 Å². The average molecular weight is 326 g/mol. The molecule has 1 aromatic carbocycles. The lowest BCUT2D eigenvalue weighted by Gasteiger charge is -2.28. The van der Waals surface area contributed by atoms with Gasteiger partial charge in [0.25, 0.3) is 0 Å². The standard InChI is InChI=1S/C16H22O5S/c1-12-6-3-4-9-15(12)20-11-16(17)21-13-7-5-8-14(10-13)22(2,18)19/h5,7-8,10,12,15H,3-4,6,9,11H2,1-2H3. The zero-order valence-electron chi connectivity index (χ0n) is 12.9. The highest BCUT2D eigenvalue weighted by Gasteiger charge is 2.23. The van der Waals surface area contributed by atoms with Crippen LogP contribution < -0.4 is 4.74 Å². The minimum Gasteiger partial charge on any atom is -0.425 e. The zero-order chi connectivity index (χ0) is 16.2. The first kappa shape index (κ1) is 17.0. The van der Waals surface area contributed by atoms with Crippen LogP contribution in [-0.2, 0) is 19.4 Å². The van der Waals surface area contributed by atoms with Crippen LogP contribution >= 0.6 is 0 Å². The molecule has 1 fully saturated rings. The maximum Gasteiger partial charge on any atom is 0.337 e. The summed E-state index contributed by atoms with van der Waals surface area (Å²) in [4.78, 5) is 12.0. The van der Waals surface area contributed by atoms with Crippen LogP contribution in [0.3, 0.4) is 0 Å². The average Bonchev–Trinajstić information content (AvgIpc) is 2.46. The number of carbonyl (C=O) groups is 1. The third-order valence-electron chi connectivity index (χ3n) is 3.91. The van der Waals surface area contributed by atoms with Gasteiger partial charge in [0.2, 0.25) is 0 Å². The summed E-state index contributed by atoms with van der Waals surface area (Å²) >= 11 is 0. The van der Waals surface area contributed by atoms with Crippen molar-refractivity contribution >= 4 is 15.8 Å². The minimum absolute atomic E-state index is 0.101. The summed E-state index contributed by atoms with van der Waals surface area (Å²) in [6.07, 6.45) is 5.64. The fourth-order valence-corrected chi connectivity index (χ4v) is 3.29. The molecule has 1 aliphatic rings. The van der Waals surface area contributed by atoms with Gasteiger partial charge in [-0.3, -0.25) is 0 Å². The fraction of sp³-hybridized carbons (Fsp3) is 0.562. The Morgan fingerprint density at radius 3 is 2.68 bits per heavy atom. The molecule has 2 atom stereocenters. The van der Waals surface area contributed by atoms with E-state index < -0.39 is 15.8 Å². The Kier molecular flexibility index (Phi) is 5.58. The fourth-order valence-electron chi connectivity index (χ4n) is 2.63. The van der Waals surface area contributed by atoms with Crippen LogP contribution in [0, 0.1) is 5.92 Å². The van der Waals surface area contributed by atoms with Gasteiger partial charge in [-0.1, -0.05) is 25.8 Å². The Hall–Kier alpha value is -1.40. The Labute approximate surface area is 131 Å². The van der Waals surface area contributed by atoms with E-state index in [-0.39, 0.29) is 23.4 Å². The second-order valence-electron chi connectivity index (χ2n) is 5.83. The molecule has 22 heavy (non-hydrogen) atoms. The lowest BCUT2D eigenvalue weighted by Crippen LogP contribution is -2.29. The molecule has 0 spiro atoms. The van der Waals surface area contributed by atoms with Crippen LogP contribution in [0.15, 0.2) is 29.2 Å². The summed E-state index contributed by atoms with van der Waals surface area (Å²) < 4.78 is 33.7. The summed E-state index contributed by atoms with van der Waals surface area (Å²) in [5, 5.41) is 0. The number of esters is 1. The lowest BCUT2D eigenvalue weighted by molar-refractivity contribution is -0.143. The number of carbonyl (C=O) groups excluding carboxylic acids is 1. The van der Waals surface area contributed by atoms with E-state index in [0.717, 1.165) is 25.5 Å². The molecule has 0 radical (unpaired) electrons. The number of hydrogen-bond acceptors (Lipinski definition) is 5. The van der Waals surface area contributed by atoms with Gasteiger partial charge in [0.05, 0.1) is 11.0 Å². The predicted octanol–water partition coefficient (Wildman–Crippen LogP) is 2.59. The monoisotopic (exact) mass is 326 g/mol. The van der Waals surface area contributed by atoms with E-state index in [1.807, 2.05) is 0 Å². The molecule has 0 heterocycles. The molecule has 0 amide bonds. The first-order valence-corrected chi connectivity index (χ1v) is 9.38. The lowest BCUT2D eigenvalue weighted by atomic mass is 9.88. The van der Waals surface area contributed by atoms with E-state index in [1.165, 1.54) is 18.6 Å². The third-order valence-corrected chi connectivity index (χ3v) is 5.02. The molecule has 2 rings (SSSR count). The Morgan fingerprint density at radius 1 is 1.27 bits per heavy atom. The van der Waals surface area contributed by atoms with E-state index in [1.54, 1.807) is 12.1 Å². The van der Waals surface area contributed by atoms with E-state index in [9.17, 15) is 13.2 Å².